The molecule has 4 heteroatoms. The maximum absolute atomic E-state index is 11.2. The van der Waals surface area contributed by atoms with Crippen molar-refractivity contribution in [3.8, 4) is 0 Å². The van der Waals surface area contributed by atoms with E-state index in [9.17, 15) is 9.59 Å². The molecular weight excluding hydrogens is 170 g/mol. The molecule has 0 bridgehead atoms. The zero-order valence-electron chi connectivity index (χ0n) is 9.37. The van der Waals surface area contributed by atoms with E-state index in [1.165, 1.54) is 11.9 Å². The summed E-state index contributed by atoms with van der Waals surface area (Å²) in [6, 6.07) is 0. The van der Waals surface area contributed by atoms with Crippen LogP contribution >= 0.6 is 0 Å². The summed E-state index contributed by atoms with van der Waals surface area (Å²) in [6.45, 7) is 4.14. The summed E-state index contributed by atoms with van der Waals surface area (Å²) < 4.78 is 6.37. The SMILES string of the molecule is [2H]OC(=O)N(C)CCCC(=O)C(C)C. The molecule has 13 heavy (non-hydrogen) atoms. The molecule has 1 N–H and O–H groups in total. The first-order chi connectivity index (χ1) is 6.49. The fourth-order valence-corrected chi connectivity index (χ4v) is 0.870. The molecule has 0 spiro atoms. The Morgan fingerprint density at radius 2 is 2.15 bits per heavy atom. The van der Waals surface area contributed by atoms with Crippen molar-refractivity contribution in [3.05, 3.63) is 0 Å². The molecule has 0 aromatic carbocycles. The topological polar surface area (TPSA) is 57.6 Å². The molecule has 0 heterocycles. The summed E-state index contributed by atoms with van der Waals surface area (Å²) in [7, 11) is 1.54. The number of nitrogens with zero attached hydrogens (tertiary/aromatic N) is 1. The third kappa shape index (κ3) is 5.22. The number of carboxylic acid groups (broad SMARTS) is 1. The Morgan fingerprint density at radius 1 is 1.54 bits per heavy atom. The number of rotatable bonds is 5. The van der Waals surface area contributed by atoms with Crippen molar-refractivity contribution in [1.29, 1.82) is 1.43 Å². The minimum atomic E-state index is -0.693. The lowest BCUT2D eigenvalue weighted by Crippen LogP contribution is -2.26. The molecule has 0 saturated carbocycles. The van der Waals surface area contributed by atoms with Gasteiger partial charge < -0.3 is 10.0 Å². The Bertz CT molecular complexity index is 206. The second-order valence-corrected chi connectivity index (χ2v) is 3.41. The van der Waals surface area contributed by atoms with Gasteiger partial charge >= 0.3 is 6.09 Å². The van der Waals surface area contributed by atoms with Crippen molar-refractivity contribution >= 4 is 11.9 Å². The van der Waals surface area contributed by atoms with E-state index >= 15 is 0 Å². The lowest BCUT2D eigenvalue weighted by atomic mass is 10.0. The van der Waals surface area contributed by atoms with Crippen LogP contribution in [-0.4, -0.2) is 35.5 Å². The number of Topliss-reactive ketones (excluding diaryl/α,β-unsaturated/α-hetero) is 1. The van der Waals surface area contributed by atoms with Gasteiger partial charge in [0.2, 0.25) is 0 Å². The Hall–Kier alpha value is -1.06. The van der Waals surface area contributed by atoms with Crippen molar-refractivity contribution in [2.75, 3.05) is 13.6 Å². The maximum atomic E-state index is 11.2. The molecule has 0 radical (unpaired) electrons. The van der Waals surface area contributed by atoms with Gasteiger partial charge in [0.25, 0.3) is 1.43 Å². The van der Waals surface area contributed by atoms with Crippen molar-refractivity contribution in [2.24, 2.45) is 5.92 Å². The lowest BCUT2D eigenvalue weighted by Gasteiger charge is -2.12. The van der Waals surface area contributed by atoms with Crippen LogP contribution in [0.4, 0.5) is 4.79 Å². The predicted molar refractivity (Wildman–Crippen MR) is 49.7 cm³/mol. The standard InChI is InChI=1S/C9H17NO3/c1-7(2)8(11)5-4-6-10(3)9(12)13/h7H,4-6H2,1-3H3,(H,12,13)/i/hD. The van der Waals surface area contributed by atoms with Crippen molar-refractivity contribution < 1.29 is 14.7 Å². The summed E-state index contributed by atoms with van der Waals surface area (Å²) in [5.74, 6) is 0.237. The highest BCUT2D eigenvalue weighted by molar-refractivity contribution is 5.80. The van der Waals surface area contributed by atoms with E-state index in [1.807, 2.05) is 13.8 Å². The number of ketones is 1. The van der Waals surface area contributed by atoms with Crippen molar-refractivity contribution in [2.45, 2.75) is 26.7 Å². The third-order valence-electron chi connectivity index (χ3n) is 1.87. The fourth-order valence-electron chi connectivity index (χ4n) is 0.870. The van der Waals surface area contributed by atoms with E-state index in [0.29, 0.717) is 19.4 Å². The molecule has 0 saturated heterocycles. The third-order valence-corrected chi connectivity index (χ3v) is 1.87. The second-order valence-electron chi connectivity index (χ2n) is 3.41. The Kier molecular flexibility index (Phi) is 4.29. The highest BCUT2D eigenvalue weighted by atomic mass is 16.4. The summed E-state index contributed by atoms with van der Waals surface area (Å²) in [5, 5.41) is 3.77. The highest BCUT2D eigenvalue weighted by Gasteiger charge is 2.09. The molecule has 0 aliphatic rings. The molecule has 0 rings (SSSR count). The average molecular weight is 188 g/mol. The van der Waals surface area contributed by atoms with E-state index < -0.39 is 6.09 Å². The number of amides is 1. The van der Waals surface area contributed by atoms with E-state index in [1.54, 1.807) is 0 Å². The quantitative estimate of drug-likeness (QED) is 0.713. The Morgan fingerprint density at radius 3 is 2.62 bits per heavy atom. The van der Waals surface area contributed by atoms with Gasteiger partial charge in [0.15, 0.2) is 0 Å². The fraction of sp³-hybridized carbons (Fsp3) is 0.778. The van der Waals surface area contributed by atoms with Gasteiger partial charge in [0, 0.05) is 25.9 Å². The van der Waals surface area contributed by atoms with Gasteiger partial charge in [0.1, 0.15) is 5.78 Å². The Labute approximate surface area is 80.0 Å². The minimum absolute atomic E-state index is 0.0448. The van der Waals surface area contributed by atoms with Gasteiger partial charge in [-0.2, -0.15) is 0 Å². The van der Waals surface area contributed by atoms with Gasteiger partial charge in [-0.05, 0) is 6.42 Å². The van der Waals surface area contributed by atoms with Crippen LogP contribution in [0.1, 0.15) is 26.7 Å². The van der Waals surface area contributed by atoms with Gasteiger partial charge in [-0.1, -0.05) is 13.8 Å². The molecule has 0 aromatic heterocycles. The normalized spacial score (nSPS) is 10.9. The molecule has 0 aliphatic carbocycles. The molecule has 0 unspecified atom stereocenters. The number of hydrogen-bond acceptors (Lipinski definition) is 3. The first-order valence-electron chi connectivity index (χ1n) is 4.80. The number of carbonyl (C=O) groups excluding carboxylic acids is 1. The Balaban J connectivity index is 3.64. The van der Waals surface area contributed by atoms with E-state index in [-0.39, 0.29) is 11.7 Å². The zero-order chi connectivity index (χ0) is 11.1. The molecule has 4 nitrogen and oxygen atoms in total. The average Bonchev–Trinajstić information content (AvgIpc) is 2.15. The largest absolute Gasteiger partial charge is 0.465 e. The number of hydrogen-bond donors (Lipinski definition) is 1. The van der Waals surface area contributed by atoms with Crippen LogP contribution in [0.5, 0.6) is 0 Å². The second kappa shape index (κ2) is 5.56. The van der Waals surface area contributed by atoms with E-state index in [2.05, 4.69) is 5.11 Å². The molecule has 76 valence electrons. The van der Waals surface area contributed by atoms with E-state index in [0.717, 1.165) is 0 Å². The molecular formula is C9H17NO3. The molecule has 0 atom stereocenters. The number of carbonyl (C=O) groups is 2. The summed E-state index contributed by atoms with van der Waals surface area (Å²) >= 11 is 0. The van der Waals surface area contributed by atoms with Gasteiger partial charge in [-0.15, -0.1) is 0 Å². The summed E-state index contributed by atoms with van der Waals surface area (Å²) in [5.41, 5.74) is 0. The monoisotopic (exact) mass is 188 g/mol. The van der Waals surface area contributed by atoms with Gasteiger partial charge in [-0.3, -0.25) is 4.79 Å². The summed E-state index contributed by atoms with van der Waals surface area (Å²) in [6.07, 6.45) is 0.387. The zero-order valence-corrected chi connectivity index (χ0v) is 8.37. The van der Waals surface area contributed by atoms with Gasteiger partial charge in [-0.25, -0.2) is 4.79 Å². The first kappa shape index (κ1) is 10.0. The van der Waals surface area contributed by atoms with Crippen LogP contribution in [0.2, 0.25) is 0 Å². The molecule has 1 amide bonds. The highest BCUT2D eigenvalue weighted by Crippen LogP contribution is 2.02. The van der Waals surface area contributed by atoms with Crippen LogP contribution in [0.15, 0.2) is 0 Å². The summed E-state index contributed by atoms with van der Waals surface area (Å²) in [4.78, 5) is 23.2. The van der Waals surface area contributed by atoms with Crippen LogP contribution < -0.4 is 0 Å². The van der Waals surface area contributed by atoms with Crippen LogP contribution in [0.3, 0.4) is 0 Å². The molecule has 0 fully saturated rings. The first-order valence-corrected chi connectivity index (χ1v) is 4.40. The van der Waals surface area contributed by atoms with Crippen molar-refractivity contribution in [3.63, 3.8) is 0 Å². The predicted octanol–water partition coefficient (Wildman–Crippen LogP) is 1.60. The smallest absolute Gasteiger partial charge is 0.407 e. The van der Waals surface area contributed by atoms with E-state index in [4.69, 9.17) is 1.43 Å². The van der Waals surface area contributed by atoms with Crippen molar-refractivity contribution in [1.82, 2.24) is 4.90 Å². The molecule has 0 aliphatic heterocycles. The van der Waals surface area contributed by atoms with Crippen LogP contribution in [0, 0.1) is 5.92 Å². The minimum Gasteiger partial charge on any atom is -0.465 e. The maximum Gasteiger partial charge on any atom is 0.407 e. The molecule has 0 aromatic rings. The van der Waals surface area contributed by atoms with Gasteiger partial charge in [0.05, 0.1) is 0 Å². The lowest BCUT2D eigenvalue weighted by molar-refractivity contribution is -0.122. The van der Waals surface area contributed by atoms with Crippen LogP contribution in [-0.2, 0) is 4.79 Å². The van der Waals surface area contributed by atoms with Crippen LogP contribution in [0.25, 0.3) is 1.43 Å².